The van der Waals surface area contributed by atoms with Crippen LogP contribution < -0.4 is 0 Å². The molecule has 3 heteroatoms. The van der Waals surface area contributed by atoms with Crippen molar-refractivity contribution in [1.82, 2.24) is 0 Å². The molecular formula is C17H24O2S. The first kappa shape index (κ1) is 15.4. The van der Waals surface area contributed by atoms with Crippen molar-refractivity contribution >= 4 is 18.6 Å². The predicted octanol–water partition coefficient (Wildman–Crippen LogP) is 4.04. The minimum absolute atomic E-state index is 0.103. The molecule has 20 heavy (non-hydrogen) atoms. The number of rotatable bonds is 5. The molecule has 0 radical (unpaired) electrons. The summed E-state index contributed by atoms with van der Waals surface area (Å²) in [5.41, 5.74) is 1.13. The second-order valence-electron chi connectivity index (χ2n) is 5.63. The van der Waals surface area contributed by atoms with E-state index < -0.39 is 0 Å². The van der Waals surface area contributed by atoms with Crippen molar-refractivity contribution < 1.29 is 9.53 Å². The summed E-state index contributed by atoms with van der Waals surface area (Å²) in [6.45, 7) is 2.18. The Morgan fingerprint density at radius 1 is 1.30 bits per heavy atom. The number of carbonyl (C=O) groups is 1. The van der Waals surface area contributed by atoms with Gasteiger partial charge in [-0.1, -0.05) is 43.7 Å². The maximum Gasteiger partial charge on any atom is 0.319 e. The molecule has 0 aromatic heterocycles. The van der Waals surface area contributed by atoms with Crippen LogP contribution in [0, 0.1) is 5.92 Å². The van der Waals surface area contributed by atoms with Gasteiger partial charge in [0.25, 0.3) is 0 Å². The number of thiol groups is 1. The van der Waals surface area contributed by atoms with Gasteiger partial charge in [0.05, 0.1) is 0 Å². The summed E-state index contributed by atoms with van der Waals surface area (Å²) in [5.74, 6) is 0.368. The van der Waals surface area contributed by atoms with E-state index in [0.29, 0.717) is 12.3 Å². The molecule has 1 aromatic carbocycles. The molecule has 2 rings (SSSR count). The van der Waals surface area contributed by atoms with E-state index in [2.05, 4.69) is 19.6 Å². The van der Waals surface area contributed by atoms with Gasteiger partial charge in [-0.3, -0.25) is 4.79 Å². The first-order valence-electron chi connectivity index (χ1n) is 7.63. The van der Waals surface area contributed by atoms with E-state index in [0.717, 1.165) is 18.4 Å². The lowest BCUT2D eigenvalue weighted by molar-refractivity contribution is -0.153. The minimum Gasteiger partial charge on any atom is -0.461 e. The van der Waals surface area contributed by atoms with Crippen LogP contribution in [0.1, 0.15) is 44.6 Å². The summed E-state index contributed by atoms with van der Waals surface area (Å²) >= 11 is 4.42. The highest BCUT2D eigenvalue weighted by atomic mass is 32.1. The van der Waals surface area contributed by atoms with E-state index in [1.807, 2.05) is 30.3 Å². The molecule has 2 nitrogen and oxygen atoms in total. The van der Waals surface area contributed by atoms with Crippen molar-refractivity contribution in [3.63, 3.8) is 0 Å². The first-order valence-corrected chi connectivity index (χ1v) is 8.14. The number of hydrogen-bond acceptors (Lipinski definition) is 3. The minimum atomic E-state index is -0.364. The van der Waals surface area contributed by atoms with Gasteiger partial charge in [0.1, 0.15) is 11.4 Å². The molecule has 1 aliphatic carbocycles. The normalized spacial score (nSPS) is 24.1. The monoisotopic (exact) mass is 292 g/mol. The summed E-state index contributed by atoms with van der Waals surface area (Å²) in [5, 5.41) is -0.364. The van der Waals surface area contributed by atoms with Gasteiger partial charge in [0, 0.05) is 0 Å². The molecule has 1 fully saturated rings. The fraction of sp³-hybridized carbons (Fsp3) is 0.588. The van der Waals surface area contributed by atoms with Crippen LogP contribution in [0.5, 0.6) is 0 Å². The lowest BCUT2D eigenvalue weighted by Gasteiger charge is -2.31. The van der Waals surface area contributed by atoms with Crippen LogP contribution in [-0.2, 0) is 16.0 Å². The smallest absolute Gasteiger partial charge is 0.319 e. The van der Waals surface area contributed by atoms with Crippen LogP contribution in [0.15, 0.2) is 30.3 Å². The molecule has 0 bridgehead atoms. The Balaban J connectivity index is 1.87. The summed E-state index contributed by atoms with van der Waals surface area (Å²) in [6, 6.07) is 9.98. The Morgan fingerprint density at radius 2 is 2.00 bits per heavy atom. The van der Waals surface area contributed by atoms with Crippen LogP contribution in [0.2, 0.25) is 0 Å². The van der Waals surface area contributed by atoms with Crippen molar-refractivity contribution in [3.05, 3.63) is 35.9 Å². The zero-order valence-corrected chi connectivity index (χ0v) is 13.0. The number of esters is 1. The average molecular weight is 292 g/mol. The Morgan fingerprint density at radius 3 is 2.70 bits per heavy atom. The van der Waals surface area contributed by atoms with Crippen LogP contribution in [-0.4, -0.2) is 17.3 Å². The number of carbonyl (C=O) groups excluding carboxylic acids is 1. The third-order valence-corrected chi connectivity index (χ3v) is 4.57. The van der Waals surface area contributed by atoms with Crippen molar-refractivity contribution in [2.24, 2.45) is 5.92 Å². The zero-order valence-electron chi connectivity index (χ0n) is 12.1. The highest BCUT2D eigenvalue weighted by molar-refractivity contribution is 7.81. The molecule has 0 amide bonds. The summed E-state index contributed by atoms with van der Waals surface area (Å²) < 4.78 is 5.71. The van der Waals surface area contributed by atoms with Crippen molar-refractivity contribution in [2.45, 2.75) is 56.8 Å². The molecule has 1 aliphatic rings. The Kier molecular flexibility index (Phi) is 5.96. The number of hydrogen-bond donors (Lipinski definition) is 1. The molecular weight excluding hydrogens is 268 g/mol. The summed E-state index contributed by atoms with van der Waals surface area (Å²) in [7, 11) is 0. The molecule has 0 aliphatic heterocycles. The largest absolute Gasteiger partial charge is 0.461 e. The predicted molar refractivity (Wildman–Crippen MR) is 85.0 cm³/mol. The van der Waals surface area contributed by atoms with Gasteiger partial charge in [-0.2, -0.15) is 12.6 Å². The van der Waals surface area contributed by atoms with E-state index in [4.69, 9.17) is 4.74 Å². The molecule has 1 saturated carbocycles. The Bertz CT molecular complexity index is 418. The van der Waals surface area contributed by atoms with E-state index in [1.54, 1.807) is 0 Å². The summed E-state index contributed by atoms with van der Waals surface area (Å²) in [6.07, 6.45) is 6.46. The Hall–Kier alpha value is -0.960. The van der Waals surface area contributed by atoms with Gasteiger partial charge in [-0.25, -0.2) is 0 Å². The number of ether oxygens (including phenoxy) is 1. The molecule has 3 unspecified atom stereocenters. The quantitative estimate of drug-likeness (QED) is 0.655. The van der Waals surface area contributed by atoms with Crippen molar-refractivity contribution in [1.29, 1.82) is 0 Å². The first-order chi connectivity index (χ1) is 9.70. The average Bonchev–Trinajstić information content (AvgIpc) is 2.48. The number of benzene rings is 1. The van der Waals surface area contributed by atoms with E-state index in [1.165, 1.54) is 19.3 Å². The molecule has 0 spiro atoms. The SMILES string of the molecule is CCC1CCCCC1OC(=O)C(S)Cc1ccccc1. The lowest BCUT2D eigenvalue weighted by atomic mass is 9.85. The maximum atomic E-state index is 12.2. The van der Waals surface area contributed by atoms with Crippen LogP contribution in [0.25, 0.3) is 0 Å². The molecule has 0 saturated heterocycles. The van der Waals surface area contributed by atoms with Crippen LogP contribution >= 0.6 is 12.6 Å². The molecule has 0 heterocycles. The zero-order chi connectivity index (χ0) is 14.4. The van der Waals surface area contributed by atoms with Gasteiger partial charge >= 0.3 is 5.97 Å². The standard InChI is InChI=1S/C17H24O2S/c1-2-14-10-6-7-11-15(14)19-17(18)16(20)12-13-8-4-3-5-9-13/h3-5,8-9,14-16,20H,2,6-7,10-12H2,1H3. The van der Waals surface area contributed by atoms with Gasteiger partial charge < -0.3 is 4.74 Å². The second-order valence-corrected chi connectivity index (χ2v) is 6.26. The third kappa shape index (κ3) is 4.27. The van der Waals surface area contributed by atoms with Crippen molar-refractivity contribution in [3.8, 4) is 0 Å². The van der Waals surface area contributed by atoms with E-state index in [-0.39, 0.29) is 17.3 Å². The fourth-order valence-corrected chi connectivity index (χ4v) is 3.22. The lowest BCUT2D eigenvalue weighted by Crippen LogP contribution is -2.33. The molecule has 3 atom stereocenters. The molecule has 110 valence electrons. The molecule has 1 aromatic rings. The van der Waals surface area contributed by atoms with E-state index >= 15 is 0 Å². The molecule has 0 N–H and O–H groups in total. The van der Waals surface area contributed by atoms with Crippen LogP contribution in [0.4, 0.5) is 0 Å². The van der Waals surface area contributed by atoms with Crippen molar-refractivity contribution in [2.75, 3.05) is 0 Å². The third-order valence-electron chi connectivity index (χ3n) is 4.18. The van der Waals surface area contributed by atoms with Gasteiger partial charge in [-0.15, -0.1) is 0 Å². The maximum absolute atomic E-state index is 12.2. The summed E-state index contributed by atoms with van der Waals surface area (Å²) in [4.78, 5) is 12.2. The Labute approximate surface area is 127 Å². The van der Waals surface area contributed by atoms with E-state index in [9.17, 15) is 4.79 Å². The highest BCUT2D eigenvalue weighted by Crippen LogP contribution is 2.29. The topological polar surface area (TPSA) is 26.3 Å². The van der Waals surface area contributed by atoms with Gasteiger partial charge in [0.2, 0.25) is 0 Å². The van der Waals surface area contributed by atoms with Gasteiger partial charge in [0.15, 0.2) is 0 Å². The second kappa shape index (κ2) is 7.72. The van der Waals surface area contributed by atoms with Gasteiger partial charge in [-0.05, 0) is 43.6 Å². The highest BCUT2D eigenvalue weighted by Gasteiger charge is 2.28. The fourth-order valence-electron chi connectivity index (χ4n) is 2.94. The van der Waals surface area contributed by atoms with Crippen LogP contribution in [0.3, 0.4) is 0 Å².